The largest absolute Gasteiger partial charge is 0.444 e. The van der Waals surface area contributed by atoms with Crippen molar-refractivity contribution in [3.05, 3.63) is 40.7 Å². The van der Waals surface area contributed by atoms with E-state index in [9.17, 15) is 4.79 Å². The first-order chi connectivity index (χ1) is 9.10. The lowest BCUT2D eigenvalue weighted by Gasteiger charge is -2.05. The Kier molecular flexibility index (Phi) is 4.01. The molecule has 0 atom stereocenters. The van der Waals surface area contributed by atoms with Gasteiger partial charge in [-0.15, -0.1) is 0 Å². The second-order valence-electron chi connectivity index (χ2n) is 3.85. The molecule has 0 bridgehead atoms. The molecule has 1 amide bonds. The van der Waals surface area contributed by atoms with Crippen LogP contribution in [0.15, 0.2) is 22.9 Å². The average Bonchev–Trinajstić information content (AvgIpc) is 2.81. The molecule has 6 nitrogen and oxygen atoms in total. The van der Waals surface area contributed by atoms with Crippen LogP contribution in [0.2, 0.25) is 5.02 Å². The Bertz CT molecular complexity index is 597. The van der Waals surface area contributed by atoms with Crippen molar-refractivity contribution in [3.63, 3.8) is 0 Å². The molecule has 0 saturated carbocycles. The molecule has 0 aromatic carbocycles. The minimum absolute atomic E-state index is 0.220. The highest BCUT2D eigenvalue weighted by Crippen LogP contribution is 2.19. The SMILES string of the molecule is CNc1ncc(C(=O)NCc2ncc(C)o2)cc1Cl. The molecule has 7 heteroatoms. The minimum Gasteiger partial charge on any atom is -0.444 e. The second kappa shape index (κ2) is 5.71. The Morgan fingerprint density at radius 1 is 1.42 bits per heavy atom. The molecule has 2 rings (SSSR count). The van der Waals surface area contributed by atoms with Crippen molar-refractivity contribution in [2.45, 2.75) is 13.5 Å². The smallest absolute Gasteiger partial charge is 0.253 e. The lowest BCUT2D eigenvalue weighted by molar-refractivity contribution is 0.0947. The lowest BCUT2D eigenvalue weighted by atomic mass is 10.2. The molecule has 0 saturated heterocycles. The normalized spacial score (nSPS) is 10.3. The summed E-state index contributed by atoms with van der Waals surface area (Å²) in [6.07, 6.45) is 3.05. The van der Waals surface area contributed by atoms with Gasteiger partial charge in [0.25, 0.3) is 5.91 Å². The van der Waals surface area contributed by atoms with Gasteiger partial charge < -0.3 is 15.1 Å². The zero-order chi connectivity index (χ0) is 13.8. The van der Waals surface area contributed by atoms with Gasteiger partial charge in [0.2, 0.25) is 5.89 Å². The van der Waals surface area contributed by atoms with Gasteiger partial charge in [-0.1, -0.05) is 11.6 Å². The third-order valence-electron chi connectivity index (χ3n) is 2.41. The Morgan fingerprint density at radius 3 is 2.79 bits per heavy atom. The molecule has 0 unspecified atom stereocenters. The summed E-state index contributed by atoms with van der Waals surface area (Å²) in [5.74, 6) is 1.40. The van der Waals surface area contributed by atoms with Crippen LogP contribution in [0.1, 0.15) is 22.0 Å². The van der Waals surface area contributed by atoms with Gasteiger partial charge in [-0.2, -0.15) is 0 Å². The number of aryl methyl sites for hydroxylation is 1. The van der Waals surface area contributed by atoms with Crippen molar-refractivity contribution in [2.24, 2.45) is 0 Å². The van der Waals surface area contributed by atoms with Gasteiger partial charge in [0.05, 0.1) is 23.3 Å². The molecule has 100 valence electrons. The van der Waals surface area contributed by atoms with Crippen LogP contribution in [-0.4, -0.2) is 22.9 Å². The topological polar surface area (TPSA) is 80.0 Å². The zero-order valence-corrected chi connectivity index (χ0v) is 11.3. The summed E-state index contributed by atoms with van der Waals surface area (Å²) < 4.78 is 5.25. The van der Waals surface area contributed by atoms with Crippen LogP contribution in [0.25, 0.3) is 0 Å². The highest BCUT2D eigenvalue weighted by molar-refractivity contribution is 6.33. The fraction of sp³-hybridized carbons (Fsp3) is 0.250. The van der Waals surface area contributed by atoms with E-state index >= 15 is 0 Å². The summed E-state index contributed by atoms with van der Waals surface area (Å²) in [6.45, 7) is 2.01. The molecule has 2 aromatic heterocycles. The van der Waals surface area contributed by atoms with Crippen LogP contribution in [0, 0.1) is 6.92 Å². The van der Waals surface area contributed by atoms with E-state index < -0.39 is 0 Å². The molecular weight excluding hydrogens is 268 g/mol. The molecular formula is C12H13ClN4O2. The minimum atomic E-state index is -0.284. The van der Waals surface area contributed by atoms with Gasteiger partial charge in [0.15, 0.2) is 0 Å². The quantitative estimate of drug-likeness (QED) is 0.895. The van der Waals surface area contributed by atoms with Crippen LogP contribution in [0.3, 0.4) is 0 Å². The monoisotopic (exact) mass is 280 g/mol. The summed E-state index contributed by atoms with van der Waals surface area (Å²) in [5.41, 5.74) is 0.382. The molecule has 0 spiro atoms. The molecule has 2 aromatic rings. The Hall–Kier alpha value is -2.08. The number of nitrogens with one attached hydrogen (secondary N) is 2. The summed E-state index contributed by atoms with van der Waals surface area (Å²) in [5, 5.41) is 5.89. The van der Waals surface area contributed by atoms with Crippen molar-refractivity contribution < 1.29 is 9.21 Å². The number of amides is 1. The third-order valence-corrected chi connectivity index (χ3v) is 2.70. The maximum absolute atomic E-state index is 11.9. The van der Waals surface area contributed by atoms with Gasteiger partial charge in [-0.05, 0) is 13.0 Å². The number of pyridine rings is 1. The molecule has 19 heavy (non-hydrogen) atoms. The molecule has 0 aliphatic rings. The fourth-order valence-electron chi connectivity index (χ4n) is 1.49. The van der Waals surface area contributed by atoms with Crippen LogP contribution >= 0.6 is 11.6 Å². The Balaban J connectivity index is 2.01. The number of anilines is 1. The summed E-state index contributed by atoms with van der Waals surface area (Å²) in [7, 11) is 1.71. The van der Waals surface area contributed by atoms with E-state index in [1.165, 1.54) is 6.20 Å². The molecule has 0 radical (unpaired) electrons. The third kappa shape index (κ3) is 3.23. The van der Waals surface area contributed by atoms with Crippen LogP contribution in [0.5, 0.6) is 0 Å². The van der Waals surface area contributed by atoms with Crippen LogP contribution in [-0.2, 0) is 6.54 Å². The lowest BCUT2D eigenvalue weighted by Crippen LogP contribution is -2.23. The highest BCUT2D eigenvalue weighted by Gasteiger charge is 2.10. The van der Waals surface area contributed by atoms with E-state index in [1.54, 1.807) is 26.2 Å². The number of halogens is 1. The molecule has 0 aliphatic carbocycles. The van der Waals surface area contributed by atoms with E-state index in [1.807, 2.05) is 0 Å². The van der Waals surface area contributed by atoms with Crippen molar-refractivity contribution in [3.8, 4) is 0 Å². The zero-order valence-electron chi connectivity index (χ0n) is 10.5. The van der Waals surface area contributed by atoms with Crippen molar-refractivity contribution in [2.75, 3.05) is 12.4 Å². The van der Waals surface area contributed by atoms with E-state index in [2.05, 4.69) is 20.6 Å². The standard InChI is InChI=1S/C12H13ClN4O2/c1-7-4-15-10(19-7)6-17-12(18)8-3-9(13)11(14-2)16-5-8/h3-5H,6H2,1-2H3,(H,14,16)(H,17,18). The van der Waals surface area contributed by atoms with E-state index in [-0.39, 0.29) is 12.5 Å². The van der Waals surface area contributed by atoms with E-state index in [0.29, 0.717) is 28.1 Å². The van der Waals surface area contributed by atoms with E-state index in [4.69, 9.17) is 16.0 Å². The molecule has 2 N–H and O–H groups in total. The summed E-state index contributed by atoms with van der Waals surface area (Å²) >= 11 is 5.96. The average molecular weight is 281 g/mol. The number of carbonyl (C=O) groups excluding carboxylic acids is 1. The van der Waals surface area contributed by atoms with Gasteiger partial charge in [0, 0.05) is 13.2 Å². The number of rotatable bonds is 4. The number of hydrogen-bond acceptors (Lipinski definition) is 5. The van der Waals surface area contributed by atoms with Crippen molar-refractivity contribution >= 4 is 23.3 Å². The molecule has 2 heterocycles. The number of nitrogens with zero attached hydrogens (tertiary/aromatic N) is 2. The summed E-state index contributed by atoms with van der Waals surface area (Å²) in [4.78, 5) is 19.9. The highest BCUT2D eigenvalue weighted by atomic mass is 35.5. The predicted molar refractivity (Wildman–Crippen MR) is 71.2 cm³/mol. The van der Waals surface area contributed by atoms with Gasteiger partial charge in [-0.25, -0.2) is 9.97 Å². The maximum atomic E-state index is 11.9. The first kappa shape index (κ1) is 13.4. The number of hydrogen-bond donors (Lipinski definition) is 2. The van der Waals surface area contributed by atoms with Gasteiger partial charge in [-0.3, -0.25) is 4.79 Å². The van der Waals surface area contributed by atoms with Crippen LogP contribution < -0.4 is 10.6 Å². The Labute approximate surface area is 115 Å². The fourth-order valence-corrected chi connectivity index (χ4v) is 1.75. The molecule has 0 fully saturated rings. The van der Waals surface area contributed by atoms with Crippen LogP contribution in [0.4, 0.5) is 5.82 Å². The Morgan fingerprint density at radius 2 is 2.21 bits per heavy atom. The second-order valence-corrected chi connectivity index (χ2v) is 4.26. The van der Waals surface area contributed by atoms with Crippen molar-refractivity contribution in [1.29, 1.82) is 0 Å². The number of aromatic nitrogens is 2. The first-order valence-electron chi connectivity index (χ1n) is 5.63. The van der Waals surface area contributed by atoms with E-state index in [0.717, 1.165) is 0 Å². The van der Waals surface area contributed by atoms with Crippen molar-refractivity contribution in [1.82, 2.24) is 15.3 Å². The maximum Gasteiger partial charge on any atom is 0.253 e. The molecule has 0 aliphatic heterocycles. The number of oxazole rings is 1. The van der Waals surface area contributed by atoms with Gasteiger partial charge in [0.1, 0.15) is 11.6 Å². The number of carbonyl (C=O) groups is 1. The summed E-state index contributed by atoms with van der Waals surface area (Å²) in [6, 6.07) is 1.55. The van der Waals surface area contributed by atoms with Gasteiger partial charge >= 0.3 is 0 Å². The predicted octanol–water partition coefficient (Wildman–Crippen LogP) is 2.00. The first-order valence-corrected chi connectivity index (χ1v) is 6.00.